The minimum absolute atomic E-state index is 0.268. The van der Waals surface area contributed by atoms with Crippen molar-refractivity contribution in [3.05, 3.63) is 46.7 Å². The molecule has 0 amide bonds. The van der Waals surface area contributed by atoms with E-state index in [0.29, 0.717) is 39.5 Å². The van der Waals surface area contributed by atoms with Gasteiger partial charge in [-0.15, -0.1) is 0 Å². The zero-order valence-corrected chi connectivity index (χ0v) is 26.0. The SMILES string of the molecule is C[C@H](CCCOc1cccc(Cl)n1)[C@H]1CC[C@H]2[C@@H]3CC[C@@H]4C[C@H](Oc5cccc(Cl)n5)CC[C@]4(C)[C@H]3CC[C@]12C. The van der Waals surface area contributed by atoms with Crippen molar-refractivity contribution in [1.82, 2.24) is 9.97 Å². The monoisotopic (exact) mass is 584 g/mol. The molecule has 6 rings (SSSR count). The van der Waals surface area contributed by atoms with Crippen LogP contribution in [0.4, 0.5) is 0 Å². The van der Waals surface area contributed by atoms with E-state index in [1.54, 1.807) is 6.07 Å². The molecular weight excluding hydrogens is 539 g/mol. The first kappa shape index (κ1) is 28.6. The van der Waals surface area contributed by atoms with Crippen molar-refractivity contribution in [2.75, 3.05) is 6.61 Å². The molecule has 0 saturated heterocycles. The van der Waals surface area contributed by atoms with Crippen LogP contribution in [0.25, 0.3) is 0 Å². The Kier molecular flexibility index (Phi) is 8.32. The van der Waals surface area contributed by atoms with Crippen molar-refractivity contribution in [2.45, 2.75) is 97.5 Å². The second-order valence-electron chi connectivity index (χ2n) is 14.0. The lowest BCUT2D eigenvalue weighted by molar-refractivity contribution is -0.127. The average molecular weight is 586 g/mol. The topological polar surface area (TPSA) is 44.2 Å². The maximum Gasteiger partial charge on any atom is 0.214 e. The minimum Gasteiger partial charge on any atom is -0.478 e. The first-order chi connectivity index (χ1) is 19.3. The lowest BCUT2D eigenvalue weighted by Crippen LogP contribution is -2.54. The highest BCUT2D eigenvalue weighted by atomic mass is 35.5. The Morgan fingerprint density at radius 3 is 2.33 bits per heavy atom. The van der Waals surface area contributed by atoms with Crippen LogP contribution in [0.5, 0.6) is 11.8 Å². The van der Waals surface area contributed by atoms with E-state index < -0.39 is 0 Å². The summed E-state index contributed by atoms with van der Waals surface area (Å²) in [7, 11) is 0. The first-order valence-electron chi connectivity index (χ1n) is 15.8. The summed E-state index contributed by atoms with van der Waals surface area (Å²) in [4.78, 5) is 8.65. The molecule has 4 saturated carbocycles. The molecule has 0 N–H and O–H groups in total. The van der Waals surface area contributed by atoms with Gasteiger partial charge in [-0.05, 0) is 129 Å². The molecule has 0 spiro atoms. The van der Waals surface area contributed by atoms with Gasteiger partial charge in [0.2, 0.25) is 11.8 Å². The molecule has 218 valence electrons. The standard InChI is InChI=1S/C34H46Cl2N2O2/c1-22(7-6-20-39-31-10-4-8-29(35)37-31)26-14-15-27-25-13-12-23-21-24(40-32-11-5-9-30(36)38-32)16-18-33(23,2)28(25)17-19-34(26,27)3/h4-5,8-11,22-28H,6-7,12-21H2,1-3H3/t22-,23-,24-,25+,26-,27+,28+,33+,34-/m1/s1. The molecule has 40 heavy (non-hydrogen) atoms. The van der Waals surface area contributed by atoms with E-state index in [-0.39, 0.29) is 6.10 Å². The predicted octanol–water partition coefficient (Wildman–Crippen LogP) is 9.68. The Labute approximate surface area is 250 Å². The molecule has 0 aromatic carbocycles. The maximum absolute atomic E-state index is 6.35. The first-order valence-corrected chi connectivity index (χ1v) is 16.6. The van der Waals surface area contributed by atoms with Gasteiger partial charge in [-0.2, -0.15) is 0 Å². The summed E-state index contributed by atoms with van der Waals surface area (Å²) in [6, 6.07) is 11.3. The van der Waals surface area contributed by atoms with E-state index in [4.69, 9.17) is 32.7 Å². The molecule has 4 aliphatic rings. The largest absolute Gasteiger partial charge is 0.478 e. The van der Waals surface area contributed by atoms with Gasteiger partial charge < -0.3 is 9.47 Å². The number of hydrogen-bond acceptors (Lipinski definition) is 4. The van der Waals surface area contributed by atoms with Gasteiger partial charge >= 0.3 is 0 Å². The molecule has 4 nitrogen and oxygen atoms in total. The highest BCUT2D eigenvalue weighted by Crippen LogP contribution is 2.68. The third-order valence-electron chi connectivity index (χ3n) is 12.1. The Hall–Kier alpha value is -1.52. The fraction of sp³-hybridized carbons (Fsp3) is 0.706. The van der Waals surface area contributed by atoms with Crippen molar-refractivity contribution in [3.8, 4) is 11.8 Å². The van der Waals surface area contributed by atoms with Gasteiger partial charge in [0.15, 0.2) is 0 Å². The quantitative estimate of drug-likeness (QED) is 0.229. The van der Waals surface area contributed by atoms with Gasteiger partial charge in [-0.3, -0.25) is 0 Å². The lowest BCUT2D eigenvalue weighted by atomic mass is 9.44. The molecular formula is C34H46Cl2N2O2. The highest BCUT2D eigenvalue weighted by molar-refractivity contribution is 6.29. The molecule has 4 aliphatic carbocycles. The van der Waals surface area contributed by atoms with Crippen LogP contribution in [0.3, 0.4) is 0 Å². The van der Waals surface area contributed by atoms with Crippen molar-refractivity contribution in [1.29, 1.82) is 0 Å². The lowest BCUT2D eigenvalue weighted by Gasteiger charge is -2.61. The molecule has 6 heteroatoms. The zero-order valence-electron chi connectivity index (χ0n) is 24.5. The second kappa shape index (κ2) is 11.6. The zero-order chi connectivity index (χ0) is 27.9. The van der Waals surface area contributed by atoms with Crippen molar-refractivity contribution in [3.63, 3.8) is 0 Å². The molecule has 2 aromatic heterocycles. The molecule has 9 atom stereocenters. The van der Waals surface area contributed by atoms with E-state index in [1.807, 2.05) is 30.3 Å². The number of nitrogens with zero attached hydrogens (tertiary/aromatic N) is 2. The molecule has 4 fully saturated rings. The number of halogens is 2. The van der Waals surface area contributed by atoms with Crippen LogP contribution in [-0.2, 0) is 0 Å². The summed E-state index contributed by atoms with van der Waals surface area (Å²) in [6.45, 7) is 8.55. The van der Waals surface area contributed by atoms with Gasteiger partial charge in [0, 0.05) is 12.1 Å². The number of rotatable bonds is 8. The van der Waals surface area contributed by atoms with Gasteiger partial charge in [0.25, 0.3) is 0 Å². The number of hydrogen-bond donors (Lipinski definition) is 0. The third-order valence-corrected chi connectivity index (χ3v) is 12.5. The van der Waals surface area contributed by atoms with E-state index in [9.17, 15) is 0 Å². The van der Waals surface area contributed by atoms with Crippen LogP contribution in [0.1, 0.15) is 91.4 Å². The molecule has 2 aromatic rings. The molecule has 0 aliphatic heterocycles. The Morgan fingerprint density at radius 2 is 1.55 bits per heavy atom. The fourth-order valence-electron chi connectivity index (χ4n) is 10.2. The molecule has 0 unspecified atom stereocenters. The van der Waals surface area contributed by atoms with Crippen LogP contribution in [-0.4, -0.2) is 22.7 Å². The normalized spacial score (nSPS) is 37.6. The van der Waals surface area contributed by atoms with E-state index in [2.05, 4.69) is 30.7 Å². The van der Waals surface area contributed by atoms with E-state index in [0.717, 1.165) is 48.3 Å². The van der Waals surface area contributed by atoms with E-state index >= 15 is 0 Å². The Morgan fingerprint density at radius 1 is 0.850 bits per heavy atom. The summed E-state index contributed by atoms with van der Waals surface area (Å²) >= 11 is 12.1. The van der Waals surface area contributed by atoms with Gasteiger partial charge in [-0.25, -0.2) is 9.97 Å². The van der Waals surface area contributed by atoms with Crippen molar-refractivity contribution in [2.24, 2.45) is 46.3 Å². The smallest absolute Gasteiger partial charge is 0.214 e. The van der Waals surface area contributed by atoms with Gasteiger partial charge in [0.05, 0.1) is 6.61 Å². The van der Waals surface area contributed by atoms with Gasteiger partial charge in [0.1, 0.15) is 16.4 Å². The van der Waals surface area contributed by atoms with Crippen LogP contribution < -0.4 is 9.47 Å². The number of ether oxygens (including phenoxy) is 2. The maximum atomic E-state index is 6.35. The fourth-order valence-corrected chi connectivity index (χ4v) is 10.5. The summed E-state index contributed by atoms with van der Waals surface area (Å²) in [5.74, 6) is 6.34. The van der Waals surface area contributed by atoms with Crippen LogP contribution >= 0.6 is 23.2 Å². The molecule has 0 bridgehead atoms. The number of fused-ring (bicyclic) bond motifs is 5. The molecule has 0 radical (unpaired) electrons. The summed E-state index contributed by atoms with van der Waals surface area (Å²) in [6.07, 6.45) is 14.6. The van der Waals surface area contributed by atoms with Crippen LogP contribution in [0.15, 0.2) is 36.4 Å². The number of aromatic nitrogens is 2. The summed E-state index contributed by atoms with van der Waals surface area (Å²) < 4.78 is 12.2. The minimum atomic E-state index is 0.268. The Balaban J connectivity index is 1.05. The third kappa shape index (κ3) is 5.49. The van der Waals surface area contributed by atoms with Crippen LogP contribution in [0, 0.1) is 46.3 Å². The summed E-state index contributed by atoms with van der Waals surface area (Å²) in [5, 5.41) is 1.00. The second-order valence-corrected chi connectivity index (χ2v) is 14.7. The summed E-state index contributed by atoms with van der Waals surface area (Å²) in [5.41, 5.74) is 0.957. The van der Waals surface area contributed by atoms with Crippen LogP contribution in [0.2, 0.25) is 10.3 Å². The van der Waals surface area contributed by atoms with E-state index in [1.165, 1.54) is 57.8 Å². The highest BCUT2D eigenvalue weighted by Gasteiger charge is 2.60. The Bertz CT molecular complexity index is 1180. The predicted molar refractivity (Wildman–Crippen MR) is 162 cm³/mol. The number of pyridine rings is 2. The van der Waals surface area contributed by atoms with Crippen molar-refractivity contribution >= 4 is 23.2 Å². The molecule has 2 heterocycles. The van der Waals surface area contributed by atoms with Gasteiger partial charge in [-0.1, -0.05) is 56.1 Å². The average Bonchev–Trinajstić information content (AvgIpc) is 3.29. The van der Waals surface area contributed by atoms with Crippen molar-refractivity contribution < 1.29 is 9.47 Å².